The summed E-state index contributed by atoms with van der Waals surface area (Å²) in [7, 11) is 4.65. The Morgan fingerprint density at radius 3 is 2.41 bits per heavy atom. The number of hydrogen-bond donors (Lipinski definition) is 0. The minimum absolute atomic E-state index is 0.271. The predicted molar refractivity (Wildman–Crippen MR) is 103 cm³/mol. The minimum Gasteiger partial charge on any atom is -0.493 e. The van der Waals surface area contributed by atoms with Crippen LogP contribution in [0.15, 0.2) is 16.7 Å². The molecule has 0 bridgehead atoms. The number of methoxy groups -OCH3 is 3. The van der Waals surface area contributed by atoms with Crippen LogP contribution in [0, 0.1) is 0 Å². The summed E-state index contributed by atoms with van der Waals surface area (Å²) in [6.07, 6.45) is -0.271. The van der Waals surface area contributed by atoms with Gasteiger partial charge in [-0.25, -0.2) is 4.79 Å². The Kier molecular flexibility index (Phi) is 6.76. The number of aromatic nitrogens is 2. The molecule has 0 spiro atoms. The number of carbonyl (C=O) groups excluding carboxylic acids is 1. The van der Waals surface area contributed by atoms with Gasteiger partial charge in [0.05, 0.1) is 40.0 Å². The second kappa shape index (κ2) is 9.46. The van der Waals surface area contributed by atoms with Crippen LogP contribution >= 0.6 is 0 Å². The first kappa shape index (κ1) is 20.7. The fraction of sp³-hybridized carbons (Fsp3) is 0.526. The van der Waals surface area contributed by atoms with Crippen LogP contribution in [0.5, 0.6) is 17.2 Å². The maximum absolute atomic E-state index is 11.8. The molecule has 1 amide bonds. The molecular weight excluding hydrogens is 380 g/mol. The molecule has 1 fully saturated rings. The third-order valence-corrected chi connectivity index (χ3v) is 4.67. The molecule has 0 atom stereocenters. The molecule has 3 rings (SSSR count). The van der Waals surface area contributed by atoms with Gasteiger partial charge in [-0.1, -0.05) is 5.16 Å². The second-order valence-electron chi connectivity index (χ2n) is 6.36. The fourth-order valence-corrected chi connectivity index (χ4v) is 3.20. The van der Waals surface area contributed by atoms with Gasteiger partial charge in [0.15, 0.2) is 11.5 Å². The number of nitrogens with zero attached hydrogens (tertiary/aromatic N) is 4. The van der Waals surface area contributed by atoms with Crippen molar-refractivity contribution in [2.45, 2.75) is 13.5 Å². The van der Waals surface area contributed by atoms with Crippen molar-refractivity contribution in [3.63, 3.8) is 0 Å². The van der Waals surface area contributed by atoms with E-state index in [0.717, 1.165) is 0 Å². The number of hydrogen-bond acceptors (Lipinski definition) is 9. The first-order valence-corrected chi connectivity index (χ1v) is 9.37. The molecule has 158 valence electrons. The smallest absolute Gasteiger partial charge is 0.409 e. The first-order valence-electron chi connectivity index (χ1n) is 9.37. The summed E-state index contributed by atoms with van der Waals surface area (Å²) >= 11 is 0. The van der Waals surface area contributed by atoms with E-state index in [2.05, 4.69) is 15.0 Å². The number of piperazine rings is 1. The SMILES string of the molecule is CCOC(=O)N1CCN(Cc2nc(-c3ccc(OC)c(OC)c3OC)no2)CC1. The molecule has 1 aromatic carbocycles. The number of ether oxygens (including phenoxy) is 4. The molecule has 1 aliphatic heterocycles. The molecule has 0 unspecified atom stereocenters. The van der Waals surface area contributed by atoms with Gasteiger partial charge < -0.3 is 28.4 Å². The van der Waals surface area contributed by atoms with Gasteiger partial charge in [0, 0.05) is 26.2 Å². The average molecular weight is 406 g/mol. The predicted octanol–water partition coefficient (Wildman–Crippen LogP) is 2.04. The van der Waals surface area contributed by atoms with E-state index in [4.69, 9.17) is 23.5 Å². The van der Waals surface area contributed by atoms with Crippen LogP contribution in [0.1, 0.15) is 12.8 Å². The van der Waals surface area contributed by atoms with E-state index in [1.165, 1.54) is 0 Å². The van der Waals surface area contributed by atoms with Crippen LogP contribution in [-0.4, -0.2) is 80.1 Å². The van der Waals surface area contributed by atoms with Crippen LogP contribution < -0.4 is 14.2 Å². The van der Waals surface area contributed by atoms with Crippen molar-refractivity contribution in [2.24, 2.45) is 0 Å². The van der Waals surface area contributed by atoms with Gasteiger partial charge in [0.25, 0.3) is 0 Å². The Balaban J connectivity index is 1.68. The zero-order valence-corrected chi connectivity index (χ0v) is 17.1. The highest BCUT2D eigenvalue weighted by Crippen LogP contribution is 2.43. The molecule has 10 heteroatoms. The summed E-state index contributed by atoms with van der Waals surface area (Å²) < 4.78 is 26.7. The third kappa shape index (κ3) is 4.53. The van der Waals surface area contributed by atoms with Gasteiger partial charge in [0.1, 0.15) is 0 Å². The van der Waals surface area contributed by atoms with E-state index in [-0.39, 0.29) is 6.09 Å². The van der Waals surface area contributed by atoms with Crippen molar-refractivity contribution >= 4 is 6.09 Å². The number of rotatable bonds is 7. The molecule has 0 radical (unpaired) electrons. The lowest BCUT2D eigenvalue weighted by molar-refractivity contribution is 0.0749. The maximum Gasteiger partial charge on any atom is 0.409 e. The monoisotopic (exact) mass is 406 g/mol. The molecule has 0 aliphatic carbocycles. The molecule has 10 nitrogen and oxygen atoms in total. The summed E-state index contributed by atoms with van der Waals surface area (Å²) in [5.41, 5.74) is 0.646. The van der Waals surface area contributed by atoms with Gasteiger partial charge in [-0.15, -0.1) is 0 Å². The number of amides is 1. The lowest BCUT2D eigenvalue weighted by Gasteiger charge is -2.33. The molecule has 2 heterocycles. The zero-order valence-electron chi connectivity index (χ0n) is 17.1. The lowest BCUT2D eigenvalue weighted by atomic mass is 10.1. The van der Waals surface area contributed by atoms with E-state index >= 15 is 0 Å². The van der Waals surface area contributed by atoms with E-state index in [1.54, 1.807) is 45.3 Å². The molecule has 1 aliphatic rings. The summed E-state index contributed by atoms with van der Waals surface area (Å²) in [5.74, 6) is 2.39. The van der Waals surface area contributed by atoms with Crippen LogP contribution in [0.2, 0.25) is 0 Å². The fourth-order valence-electron chi connectivity index (χ4n) is 3.20. The van der Waals surface area contributed by atoms with Crippen molar-refractivity contribution in [1.82, 2.24) is 19.9 Å². The van der Waals surface area contributed by atoms with E-state index in [9.17, 15) is 4.79 Å². The largest absolute Gasteiger partial charge is 0.493 e. The summed E-state index contributed by atoms with van der Waals surface area (Å²) in [6, 6.07) is 3.56. The standard InChI is InChI=1S/C19H26N4O6/c1-5-28-19(24)23-10-8-22(9-11-23)12-15-20-18(21-29-15)13-6-7-14(25-2)17(27-4)16(13)26-3/h6-7H,5,8-12H2,1-4H3. The van der Waals surface area contributed by atoms with Crippen LogP contribution in [-0.2, 0) is 11.3 Å². The summed E-state index contributed by atoms with van der Waals surface area (Å²) in [5, 5.41) is 4.09. The third-order valence-electron chi connectivity index (χ3n) is 4.67. The Morgan fingerprint density at radius 1 is 1.07 bits per heavy atom. The molecule has 0 N–H and O–H groups in total. The average Bonchev–Trinajstić information content (AvgIpc) is 3.21. The first-order chi connectivity index (χ1) is 14.1. The van der Waals surface area contributed by atoms with Crippen LogP contribution in [0.4, 0.5) is 4.79 Å². The van der Waals surface area contributed by atoms with Crippen molar-refractivity contribution in [3.8, 4) is 28.6 Å². The summed E-state index contributed by atoms with van der Waals surface area (Å²) in [6.45, 7) is 5.29. The zero-order chi connectivity index (χ0) is 20.8. The van der Waals surface area contributed by atoms with Crippen LogP contribution in [0.25, 0.3) is 11.4 Å². The summed E-state index contributed by atoms with van der Waals surface area (Å²) in [4.78, 5) is 20.1. The van der Waals surface area contributed by atoms with Gasteiger partial charge in [-0.2, -0.15) is 4.98 Å². The molecule has 0 saturated carbocycles. The minimum atomic E-state index is -0.271. The molecule has 1 saturated heterocycles. The molecule has 2 aromatic rings. The number of carbonyl (C=O) groups is 1. The van der Waals surface area contributed by atoms with Gasteiger partial charge in [-0.05, 0) is 19.1 Å². The van der Waals surface area contributed by atoms with Crippen molar-refractivity contribution in [2.75, 3.05) is 54.1 Å². The topological polar surface area (TPSA) is 99.4 Å². The number of benzene rings is 1. The van der Waals surface area contributed by atoms with Crippen molar-refractivity contribution in [3.05, 3.63) is 18.0 Å². The highest BCUT2D eigenvalue weighted by atomic mass is 16.6. The highest BCUT2D eigenvalue weighted by molar-refractivity contribution is 5.72. The van der Waals surface area contributed by atoms with E-state index in [0.29, 0.717) is 73.9 Å². The molecular formula is C19H26N4O6. The van der Waals surface area contributed by atoms with Crippen molar-refractivity contribution in [1.29, 1.82) is 0 Å². The van der Waals surface area contributed by atoms with Crippen molar-refractivity contribution < 1.29 is 28.3 Å². The van der Waals surface area contributed by atoms with Gasteiger partial charge in [0.2, 0.25) is 17.5 Å². The highest BCUT2D eigenvalue weighted by Gasteiger charge is 2.24. The Morgan fingerprint density at radius 2 is 1.79 bits per heavy atom. The molecule has 1 aromatic heterocycles. The Hall–Kier alpha value is -3.01. The van der Waals surface area contributed by atoms with Gasteiger partial charge >= 0.3 is 6.09 Å². The normalized spacial score (nSPS) is 14.6. The maximum atomic E-state index is 11.8. The quantitative estimate of drug-likeness (QED) is 0.684. The second-order valence-corrected chi connectivity index (χ2v) is 6.36. The Labute approximate surface area is 169 Å². The molecule has 29 heavy (non-hydrogen) atoms. The van der Waals surface area contributed by atoms with Gasteiger partial charge in [-0.3, -0.25) is 4.90 Å². The van der Waals surface area contributed by atoms with Crippen LogP contribution in [0.3, 0.4) is 0 Å². The van der Waals surface area contributed by atoms with E-state index in [1.807, 2.05) is 0 Å². The lowest BCUT2D eigenvalue weighted by Crippen LogP contribution is -2.48. The Bertz CT molecular complexity index is 832. The van der Waals surface area contributed by atoms with E-state index < -0.39 is 0 Å².